The molecule has 0 saturated heterocycles. The van der Waals surface area contributed by atoms with Gasteiger partial charge in [0.05, 0.1) is 12.1 Å². The Balaban J connectivity index is 0.000000671. The van der Waals surface area contributed by atoms with E-state index in [4.69, 9.17) is 10.9 Å². The zero-order chi connectivity index (χ0) is 10.5. The van der Waals surface area contributed by atoms with Crippen LogP contribution in [0.2, 0.25) is 0 Å². The van der Waals surface area contributed by atoms with Crippen LogP contribution >= 0.6 is 0 Å². The Morgan fingerprint density at radius 1 is 1.15 bits per heavy atom. The minimum absolute atomic E-state index is 0.0756. The van der Waals surface area contributed by atoms with E-state index in [1.165, 1.54) is 24.3 Å². The average Bonchev–Trinajstić information content (AvgIpc) is 2.07. The van der Waals surface area contributed by atoms with Gasteiger partial charge in [0.25, 0.3) is 0 Å². The molecule has 0 aromatic heterocycles. The number of anilines is 1. The number of primary sulfonamides is 1. The molecular formula is C7H11FN2O2S. The molecule has 0 radical (unpaired) electrons. The van der Waals surface area contributed by atoms with E-state index < -0.39 is 10.0 Å². The second-order valence-electron chi connectivity index (χ2n) is 2.11. The van der Waals surface area contributed by atoms with Crippen molar-refractivity contribution in [2.45, 2.75) is 4.90 Å². The standard InChI is InChI=1S/C6H8N2O2S.CH3F/c7-5-1-3-6(4-2-5)11(8,9)10;1-2/h1-4H,7H2,(H2,8,9,10);1H3. The maximum atomic E-state index is 10.7. The Kier molecular flexibility index (Phi) is 4.36. The predicted octanol–water partition coefficient (Wildman–Crippen LogP) is 0.502. The van der Waals surface area contributed by atoms with Gasteiger partial charge in [-0.05, 0) is 24.3 Å². The molecule has 0 fully saturated rings. The highest BCUT2D eigenvalue weighted by atomic mass is 32.2. The molecule has 0 aliphatic heterocycles. The van der Waals surface area contributed by atoms with Crippen molar-refractivity contribution >= 4 is 15.7 Å². The van der Waals surface area contributed by atoms with Crippen molar-refractivity contribution in [3.8, 4) is 0 Å². The first-order valence-electron chi connectivity index (χ1n) is 3.26. The molecule has 0 bridgehead atoms. The number of sulfonamides is 1. The molecule has 0 aliphatic carbocycles. The van der Waals surface area contributed by atoms with Gasteiger partial charge in [0.15, 0.2) is 0 Å². The van der Waals surface area contributed by atoms with E-state index in [-0.39, 0.29) is 4.90 Å². The highest BCUT2D eigenvalue weighted by Crippen LogP contribution is 2.08. The van der Waals surface area contributed by atoms with Crippen molar-refractivity contribution in [3.05, 3.63) is 24.3 Å². The molecule has 0 saturated carbocycles. The molecular weight excluding hydrogens is 195 g/mol. The Morgan fingerprint density at radius 3 is 1.85 bits per heavy atom. The summed E-state index contributed by atoms with van der Waals surface area (Å²) in [5.74, 6) is 0. The molecule has 0 heterocycles. The van der Waals surface area contributed by atoms with E-state index >= 15 is 0 Å². The Hall–Kier alpha value is -1.14. The lowest BCUT2D eigenvalue weighted by Gasteiger charge is -1.96. The highest BCUT2D eigenvalue weighted by molar-refractivity contribution is 7.89. The predicted molar refractivity (Wildman–Crippen MR) is 49.3 cm³/mol. The molecule has 13 heavy (non-hydrogen) atoms. The third kappa shape index (κ3) is 3.86. The van der Waals surface area contributed by atoms with Crippen molar-refractivity contribution in [3.63, 3.8) is 0 Å². The van der Waals surface area contributed by atoms with Gasteiger partial charge in [-0.1, -0.05) is 0 Å². The fourth-order valence-electron chi connectivity index (χ4n) is 0.658. The van der Waals surface area contributed by atoms with Gasteiger partial charge in [0, 0.05) is 5.69 Å². The first-order chi connectivity index (χ1) is 6.00. The minimum atomic E-state index is -3.58. The first kappa shape index (κ1) is 11.9. The lowest BCUT2D eigenvalue weighted by atomic mass is 10.3. The van der Waals surface area contributed by atoms with Crippen molar-refractivity contribution in [1.82, 2.24) is 0 Å². The molecule has 0 spiro atoms. The third-order valence-electron chi connectivity index (χ3n) is 1.21. The van der Waals surface area contributed by atoms with Crippen molar-refractivity contribution < 1.29 is 12.8 Å². The van der Waals surface area contributed by atoms with Gasteiger partial charge in [-0.15, -0.1) is 0 Å². The molecule has 0 amide bonds. The van der Waals surface area contributed by atoms with Crippen LogP contribution in [0.3, 0.4) is 0 Å². The first-order valence-corrected chi connectivity index (χ1v) is 4.81. The monoisotopic (exact) mass is 206 g/mol. The number of rotatable bonds is 1. The van der Waals surface area contributed by atoms with E-state index in [9.17, 15) is 12.8 Å². The Morgan fingerprint density at radius 2 is 1.54 bits per heavy atom. The van der Waals surface area contributed by atoms with E-state index in [0.29, 0.717) is 12.9 Å². The van der Waals surface area contributed by atoms with Gasteiger partial charge in [-0.25, -0.2) is 13.6 Å². The zero-order valence-electron chi connectivity index (χ0n) is 7.07. The lowest BCUT2D eigenvalue weighted by Crippen LogP contribution is -2.11. The van der Waals surface area contributed by atoms with Crippen molar-refractivity contribution in [2.24, 2.45) is 5.14 Å². The normalized spacial score (nSPS) is 10.1. The van der Waals surface area contributed by atoms with Crippen LogP contribution in [0.4, 0.5) is 10.1 Å². The molecule has 6 heteroatoms. The van der Waals surface area contributed by atoms with Crippen LogP contribution in [-0.4, -0.2) is 15.6 Å². The molecule has 4 nitrogen and oxygen atoms in total. The van der Waals surface area contributed by atoms with Crippen LogP contribution < -0.4 is 10.9 Å². The van der Waals surface area contributed by atoms with Crippen molar-refractivity contribution in [1.29, 1.82) is 0 Å². The van der Waals surface area contributed by atoms with E-state index in [2.05, 4.69) is 0 Å². The third-order valence-corrected chi connectivity index (χ3v) is 2.14. The minimum Gasteiger partial charge on any atom is -0.399 e. The molecule has 74 valence electrons. The summed E-state index contributed by atoms with van der Waals surface area (Å²) in [5.41, 5.74) is 5.85. The summed E-state index contributed by atoms with van der Waals surface area (Å²) in [6.45, 7) is 0. The van der Waals surface area contributed by atoms with Crippen LogP contribution in [0, 0.1) is 0 Å². The maximum Gasteiger partial charge on any atom is 0.238 e. The molecule has 4 N–H and O–H groups in total. The van der Waals surface area contributed by atoms with Crippen LogP contribution in [0.5, 0.6) is 0 Å². The summed E-state index contributed by atoms with van der Waals surface area (Å²) < 4.78 is 30.9. The van der Waals surface area contributed by atoms with E-state index in [1.54, 1.807) is 0 Å². The summed E-state index contributed by atoms with van der Waals surface area (Å²) >= 11 is 0. The zero-order valence-corrected chi connectivity index (χ0v) is 7.88. The van der Waals surface area contributed by atoms with Crippen LogP contribution in [0.25, 0.3) is 0 Å². The number of hydrogen-bond donors (Lipinski definition) is 2. The second-order valence-corrected chi connectivity index (χ2v) is 3.68. The van der Waals surface area contributed by atoms with Crippen LogP contribution in [0.15, 0.2) is 29.2 Å². The number of nitrogen functional groups attached to an aromatic ring is 1. The smallest absolute Gasteiger partial charge is 0.238 e. The summed E-state index contributed by atoms with van der Waals surface area (Å²) in [4.78, 5) is 0.0756. The van der Waals surface area contributed by atoms with Gasteiger partial charge in [0.1, 0.15) is 0 Å². The maximum absolute atomic E-state index is 10.7. The summed E-state index contributed by atoms with van der Waals surface area (Å²) in [7, 11) is -3.08. The van der Waals surface area contributed by atoms with E-state index in [0.717, 1.165) is 0 Å². The van der Waals surface area contributed by atoms with Gasteiger partial charge in [-0.3, -0.25) is 4.39 Å². The number of halogens is 1. The summed E-state index contributed by atoms with van der Waals surface area (Å²) in [6, 6.07) is 5.70. The molecule has 1 rings (SSSR count). The van der Waals surface area contributed by atoms with Gasteiger partial charge in [-0.2, -0.15) is 0 Å². The van der Waals surface area contributed by atoms with Gasteiger partial charge < -0.3 is 5.73 Å². The SMILES string of the molecule is CF.Nc1ccc(S(N)(=O)=O)cc1. The average molecular weight is 206 g/mol. The number of nitrogens with two attached hydrogens (primary N) is 2. The molecule has 0 aliphatic rings. The molecule has 1 aromatic carbocycles. The Bertz CT molecular complexity index is 347. The van der Waals surface area contributed by atoms with Crippen LogP contribution in [0.1, 0.15) is 0 Å². The second kappa shape index (κ2) is 4.78. The summed E-state index contributed by atoms with van der Waals surface area (Å²) in [5, 5.41) is 4.84. The molecule has 1 aromatic rings. The summed E-state index contributed by atoms with van der Waals surface area (Å²) in [6.07, 6.45) is 0. The lowest BCUT2D eigenvalue weighted by molar-refractivity contribution is 0.598. The van der Waals surface area contributed by atoms with Crippen LogP contribution in [-0.2, 0) is 10.0 Å². The largest absolute Gasteiger partial charge is 0.399 e. The van der Waals surface area contributed by atoms with Gasteiger partial charge >= 0.3 is 0 Å². The number of hydrogen-bond acceptors (Lipinski definition) is 3. The fourth-order valence-corrected chi connectivity index (χ4v) is 1.17. The molecule has 0 atom stereocenters. The van der Waals surface area contributed by atoms with E-state index in [1.807, 2.05) is 0 Å². The molecule has 0 unspecified atom stereocenters. The van der Waals surface area contributed by atoms with Gasteiger partial charge in [0.2, 0.25) is 10.0 Å². The van der Waals surface area contributed by atoms with Crippen molar-refractivity contribution in [2.75, 3.05) is 12.9 Å². The topological polar surface area (TPSA) is 86.2 Å². The quantitative estimate of drug-likeness (QED) is 0.656. The fraction of sp³-hybridized carbons (Fsp3) is 0.143. The number of benzene rings is 1. The Labute approximate surface area is 76.4 Å². The number of alkyl halides is 1. The highest BCUT2D eigenvalue weighted by Gasteiger charge is 2.04.